The van der Waals surface area contributed by atoms with Crippen molar-refractivity contribution in [2.45, 2.75) is 52.0 Å². The molecule has 0 bridgehead atoms. The van der Waals surface area contributed by atoms with Gasteiger partial charge in [-0.05, 0) is 50.6 Å². The Labute approximate surface area is 224 Å². The van der Waals surface area contributed by atoms with Gasteiger partial charge in [0.1, 0.15) is 12.6 Å². The Morgan fingerprint density at radius 2 is 1.62 bits per heavy atom. The molecule has 2 unspecified atom stereocenters. The molecule has 204 valence electrons. The smallest absolute Gasteiger partial charge is 0.352 e. The van der Waals surface area contributed by atoms with E-state index in [0.29, 0.717) is 22.4 Å². The zero-order valence-corrected chi connectivity index (χ0v) is 23.0. The summed E-state index contributed by atoms with van der Waals surface area (Å²) >= 11 is 12.5. The van der Waals surface area contributed by atoms with Gasteiger partial charge in [-0.25, -0.2) is 8.42 Å². The highest BCUT2D eigenvalue weighted by atomic mass is 35.5. The lowest BCUT2D eigenvalue weighted by Gasteiger charge is -2.32. The van der Waals surface area contributed by atoms with Gasteiger partial charge >= 0.3 is 6.18 Å². The molecule has 37 heavy (non-hydrogen) atoms. The molecule has 0 aliphatic carbocycles. The van der Waals surface area contributed by atoms with E-state index in [2.05, 4.69) is 5.32 Å². The third kappa shape index (κ3) is 8.24. The average Bonchev–Trinajstić information content (AvgIpc) is 2.80. The normalized spacial score (nSPS) is 13.5. The molecule has 0 saturated heterocycles. The van der Waals surface area contributed by atoms with Crippen LogP contribution in [0, 0.1) is 0 Å². The van der Waals surface area contributed by atoms with Crippen molar-refractivity contribution in [3.63, 3.8) is 0 Å². The first kappa shape index (κ1) is 30.7. The van der Waals surface area contributed by atoms with Crippen molar-refractivity contribution in [3.8, 4) is 0 Å². The van der Waals surface area contributed by atoms with E-state index in [1.165, 1.54) is 6.92 Å². The van der Waals surface area contributed by atoms with E-state index >= 15 is 0 Å². The topological polar surface area (TPSA) is 86.8 Å². The van der Waals surface area contributed by atoms with Crippen molar-refractivity contribution in [1.82, 2.24) is 10.2 Å². The molecule has 0 aromatic heterocycles. The van der Waals surface area contributed by atoms with E-state index in [1.54, 1.807) is 25.1 Å². The van der Waals surface area contributed by atoms with Crippen LogP contribution in [0.4, 0.5) is 18.9 Å². The number of sulfonamides is 1. The molecule has 0 aliphatic heterocycles. The third-order valence-corrected chi connectivity index (χ3v) is 7.55. The van der Waals surface area contributed by atoms with Crippen LogP contribution in [-0.2, 0) is 32.3 Å². The maximum Gasteiger partial charge on any atom is 0.416 e. The lowest BCUT2D eigenvalue weighted by atomic mass is 10.1. The number of benzene rings is 2. The quantitative estimate of drug-likeness (QED) is 0.422. The molecule has 13 heteroatoms. The standard InChI is InChI=1S/C24H28Cl2F3N3O4S/c1-5-15(2)30-23(34)16(3)31(13-19-20(25)10-7-11-21(19)26)22(33)14-32(37(4,35)36)18-9-6-8-17(12-18)24(27,28)29/h6-12,15-16H,5,13-14H2,1-4H3,(H,30,34). The monoisotopic (exact) mass is 581 g/mol. The second-order valence-corrected chi connectivity index (χ2v) is 11.3. The number of nitrogens with one attached hydrogen (secondary N) is 1. The van der Waals surface area contributed by atoms with E-state index in [0.717, 1.165) is 29.4 Å². The van der Waals surface area contributed by atoms with Gasteiger partial charge in [0.25, 0.3) is 0 Å². The molecule has 0 heterocycles. The molecule has 7 nitrogen and oxygen atoms in total. The van der Waals surface area contributed by atoms with Crippen LogP contribution in [0.5, 0.6) is 0 Å². The van der Waals surface area contributed by atoms with Gasteiger partial charge in [-0.15, -0.1) is 0 Å². The number of anilines is 1. The SMILES string of the molecule is CCC(C)NC(=O)C(C)N(Cc1c(Cl)cccc1Cl)C(=O)CN(c1cccc(C(F)(F)F)c1)S(C)(=O)=O. The highest BCUT2D eigenvalue weighted by Crippen LogP contribution is 2.32. The zero-order chi connectivity index (χ0) is 28.1. The summed E-state index contributed by atoms with van der Waals surface area (Å²) in [6.45, 7) is 3.99. The molecule has 0 fully saturated rings. The Balaban J connectivity index is 2.50. The number of nitrogens with zero attached hydrogens (tertiary/aromatic N) is 2. The Morgan fingerprint density at radius 3 is 2.14 bits per heavy atom. The van der Waals surface area contributed by atoms with Gasteiger partial charge < -0.3 is 10.2 Å². The van der Waals surface area contributed by atoms with Gasteiger partial charge in [0.2, 0.25) is 21.8 Å². The van der Waals surface area contributed by atoms with Crippen molar-refractivity contribution in [2.24, 2.45) is 0 Å². The zero-order valence-electron chi connectivity index (χ0n) is 20.6. The minimum absolute atomic E-state index is 0.201. The first-order valence-corrected chi connectivity index (χ1v) is 13.8. The lowest BCUT2D eigenvalue weighted by molar-refractivity contribution is -0.139. The minimum atomic E-state index is -4.72. The first-order valence-electron chi connectivity index (χ1n) is 11.2. The van der Waals surface area contributed by atoms with Crippen LogP contribution in [0.2, 0.25) is 10.0 Å². The minimum Gasteiger partial charge on any atom is -0.352 e. The number of halogens is 5. The summed E-state index contributed by atoms with van der Waals surface area (Å²) in [5, 5.41) is 3.20. The van der Waals surface area contributed by atoms with Crippen LogP contribution in [0.25, 0.3) is 0 Å². The Hall–Kier alpha value is -2.50. The molecule has 0 spiro atoms. The summed E-state index contributed by atoms with van der Waals surface area (Å²) in [7, 11) is -4.20. The third-order valence-electron chi connectivity index (χ3n) is 5.70. The highest BCUT2D eigenvalue weighted by molar-refractivity contribution is 7.92. The van der Waals surface area contributed by atoms with Crippen molar-refractivity contribution in [1.29, 1.82) is 0 Å². The summed E-state index contributed by atoms with van der Waals surface area (Å²) in [5.41, 5.74) is -1.10. The van der Waals surface area contributed by atoms with Gasteiger partial charge in [0.15, 0.2) is 0 Å². The maximum atomic E-state index is 13.5. The maximum absolute atomic E-state index is 13.5. The summed E-state index contributed by atoms with van der Waals surface area (Å²) in [4.78, 5) is 27.5. The fourth-order valence-corrected chi connectivity index (χ4v) is 4.71. The van der Waals surface area contributed by atoms with Crippen molar-refractivity contribution in [3.05, 3.63) is 63.6 Å². The average molecular weight is 582 g/mol. The number of hydrogen-bond donors (Lipinski definition) is 1. The second kappa shape index (κ2) is 12.4. The molecule has 2 atom stereocenters. The van der Waals surface area contributed by atoms with E-state index in [4.69, 9.17) is 23.2 Å². The summed E-state index contributed by atoms with van der Waals surface area (Å²) in [6, 6.07) is 7.02. The van der Waals surface area contributed by atoms with Crippen molar-refractivity contribution >= 4 is 50.7 Å². The van der Waals surface area contributed by atoms with Crippen LogP contribution >= 0.6 is 23.2 Å². The van der Waals surface area contributed by atoms with Crippen LogP contribution in [-0.4, -0.2) is 50.0 Å². The molecule has 0 radical (unpaired) electrons. The van der Waals surface area contributed by atoms with Crippen LogP contribution in [0.15, 0.2) is 42.5 Å². The number of amides is 2. The molecule has 0 aliphatic rings. The summed E-state index contributed by atoms with van der Waals surface area (Å²) < 4.78 is 65.4. The van der Waals surface area contributed by atoms with Crippen molar-refractivity contribution in [2.75, 3.05) is 17.1 Å². The number of hydrogen-bond acceptors (Lipinski definition) is 4. The lowest BCUT2D eigenvalue weighted by Crippen LogP contribution is -2.52. The molecule has 2 rings (SSSR count). The van der Waals surface area contributed by atoms with Crippen LogP contribution in [0.1, 0.15) is 38.3 Å². The molecule has 0 saturated carbocycles. The number of alkyl halides is 3. The van der Waals surface area contributed by atoms with Gasteiger partial charge in [-0.2, -0.15) is 13.2 Å². The fraction of sp³-hybridized carbons (Fsp3) is 0.417. The second-order valence-electron chi connectivity index (χ2n) is 8.53. The fourth-order valence-electron chi connectivity index (χ4n) is 3.35. The predicted molar refractivity (Wildman–Crippen MR) is 138 cm³/mol. The van der Waals surface area contributed by atoms with Gasteiger partial charge in [-0.1, -0.05) is 42.3 Å². The Bertz CT molecular complexity index is 1220. The van der Waals surface area contributed by atoms with Crippen LogP contribution < -0.4 is 9.62 Å². The highest BCUT2D eigenvalue weighted by Gasteiger charge is 2.34. The Kier molecular flexibility index (Phi) is 10.3. The molecular formula is C24H28Cl2F3N3O4S. The number of rotatable bonds is 10. The molecular weight excluding hydrogens is 554 g/mol. The molecule has 1 N–H and O–H groups in total. The molecule has 2 aromatic carbocycles. The van der Waals surface area contributed by atoms with Crippen molar-refractivity contribution < 1.29 is 31.2 Å². The first-order chi connectivity index (χ1) is 17.1. The van der Waals surface area contributed by atoms with E-state index in [9.17, 15) is 31.2 Å². The van der Waals surface area contributed by atoms with Gasteiger partial charge in [0, 0.05) is 28.2 Å². The predicted octanol–water partition coefficient (Wildman–Crippen LogP) is 5.11. The summed E-state index contributed by atoms with van der Waals surface area (Å²) in [5.74, 6) is -1.35. The van der Waals surface area contributed by atoms with E-state index in [1.807, 2.05) is 6.92 Å². The molecule has 2 amide bonds. The van der Waals surface area contributed by atoms with Crippen LogP contribution in [0.3, 0.4) is 0 Å². The van der Waals surface area contributed by atoms with E-state index in [-0.39, 0.29) is 28.3 Å². The Morgan fingerprint density at radius 1 is 1.05 bits per heavy atom. The number of carbonyl (C=O) groups is 2. The summed E-state index contributed by atoms with van der Waals surface area (Å²) in [6.07, 6.45) is -3.33. The largest absolute Gasteiger partial charge is 0.416 e. The number of carbonyl (C=O) groups excluding carboxylic acids is 2. The van der Waals surface area contributed by atoms with E-state index < -0.39 is 46.2 Å². The van der Waals surface area contributed by atoms with Gasteiger partial charge in [0.05, 0.1) is 17.5 Å². The molecule has 2 aromatic rings. The van der Waals surface area contributed by atoms with Gasteiger partial charge in [-0.3, -0.25) is 13.9 Å².